The van der Waals surface area contributed by atoms with Gasteiger partial charge in [-0.15, -0.1) is 0 Å². The van der Waals surface area contributed by atoms with Crippen LogP contribution < -0.4 is 5.32 Å². The van der Waals surface area contributed by atoms with E-state index in [0.29, 0.717) is 18.8 Å². The van der Waals surface area contributed by atoms with Crippen LogP contribution in [0.1, 0.15) is 45.1 Å². The molecule has 0 bridgehead atoms. The topological polar surface area (TPSA) is 65.5 Å². The molecule has 0 aliphatic heterocycles. The predicted molar refractivity (Wildman–Crippen MR) is 80.9 cm³/mol. The summed E-state index contributed by atoms with van der Waals surface area (Å²) in [5, 5.41) is 13.0. The van der Waals surface area contributed by atoms with E-state index in [1.807, 2.05) is 27.7 Å². The lowest BCUT2D eigenvalue weighted by Crippen LogP contribution is -2.42. The molecule has 1 aromatic heterocycles. The normalized spacial score (nSPS) is 12.9. The van der Waals surface area contributed by atoms with E-state index in [1.165, 1.54) is 0 Å². The van der Waals surface area contributed by atoms with Crippen LogP contribution in [0.3, 0.4) is 0 Å². The second-order valence-corrected chi connectivity index (χ2v) is 5.43. The molecule has 1 unspecified atom stereocenters. The first-order valence-electron chi connectivity index (χ1n) is 7.03. The zero-order valence-corrected chi connectivity index (χ0v) is 13.0. The van der Waals surface area contributed by atoms with Gasteiger partial charge in [-0.05, 0) is 46.8 Å². The average molecular weight is 279 g/mol. The first-order chi connectivity index (χ1) is 9.31. The van der Waals surface area contributed by atoms with Crippen LogP contribution in [-0.2, 0) is 0 Å². The first-order valence-corrected chi connectivity index (χ1v) is 7.03. The van der Waals surface area contributed by atoms with Crippen LogP contribution >= 0.6 is 0 Å². The van der Waals surface area contributed by atoms with Gasteiger partial charge in [0.1, 0.15) is 5.69 Å². The van der Waals surface area contributed by atoms with Gasteiger partial charge < -0.3 is 15.3 Å². The van der Waals surface area contributed by atoms with Gasteiger partial charge in [-0.1, -0.05) is 0 Å². The van der Waals surface area contributed by atoms with Crippen LogP contribution in [0, 0.1) is 0 Å². The maximum absolute atomic E-state index is 12.2. The summed E-state index contributed by atoms with van der Waals surface area (Å²) in [7, 11) is 0. The zero-order chi connectivity index (χ0) is 15.3. The van der Waals surface area contributed by atoms with Crippen LogP contribution in [0.25, 0.3) is 0 Å². The fraction of sp³-hybridized carbons (Fsp3) is 0.600. The monoisotopic (exact) mass is 279 g/mol. The van der Waals surface area contributed by atoms with Crippen LogP contribution in [0.4, 0.5) is 5.69 Å². The van der Waals surface area contributed by atoms with Crippen molar-refractivity contribution in [2.75, 3.05) is 18.4 Å². The molecule has 0 radical (unpaired) electrons. The third-order valence-electron chi connectivity index (χ3n) is 3.54. The molecule has 0 saturated carbocycles. The summed E-state index contributed by atoms with van der Waals surface area (Å²) in [6.07, 6.45) is 1.09. The number of aliphatic hydroxyl groups excluding tert-OH is 1. The van der Waals surface area contributed by atoms with Crippen molar-refractivity contribution in [3.63, 3.8) is 0 Å². The molecule has 20 heavy (non-hydrogen) atoms. The molecule has 0 spiro atoms. The lowest BCUT2D eigenvalue weighted by atomic mass is 9.98. The minimum Gasteiger partial charge on any atom is -0.391 e. The number of hydrogen-bond acceptors (Lipinski definition) is 4. The van der Waals surface area contributed by atoms with Crippen molar-refractivity contribution in [2.45, 2.75) is 46.3 Å². The lowest BCUT2D eigenvalue weighted by molar-refractivity contribution is 0.0767. The van der Waals surface area contributed by atoms with Crippen molar-refractivity contribution in [3.8, 4) is 0 Å². The number of hydrogen-bond donors (Lipinski definition) is 2. The molecule has 5 nitrogen and oxygen atoms in total. The molecule has 5 heteroatoms. The van der Waals surface area contributed by atoms with E-state index in [-0.39, 0.29) is 5.91 Å². The van der Waals surface area contributed by atoms with Gasteiger partial charge in [0.05, 0.1) is 11.6 Å². The molecule has 0 aliphatic rings. The summed E-state index contributed by atoms with van der Waals surface area (Å²) in [5.41, 5.74) is 0.721. The molecule has 1 aromatic rings. The Hall–Kier alpha value is -1.62. The van der Waals surface area contributed by atoms with Gasteiger partial charge in [-0.2, -0.15) is 0 Å². The average Bonchev–Trinajstić information content (AvgIpc) is 2.39. The summed E-state index contributed by atoms with van der Waals surface area (Å²) in [5.74, 6) is -0.0755. The Morgan fingerprint density at radius 2 is 2.05 bits per heavy atom. The largest absolute Gasteiger partial charge is 0.391 e. The summed E-state index contributed by atoms with van der Waals surface area (Å²) in [6, 6.07) is 3.52. The molecule has 0 aromatic carbocycles. The third kappa shape index (κ3) is 3.93. The fourth-order valence-electron chi connectivity index (χ4n) is 1.77. The van der Waals surface area contributed by atoms with E-state index in [4.69, 9.17) is 0 Å². The maximum Gasteiger partial charge on any atom is 0.272 e. The summed E-state index contributed by atoms with van der Waals surface area (Å²) < 4.78 is 0. The van der Waals surface area contributed by atoms with Crippen molar-refractivity contribution >= 4 is 11.6 Å². The molecular formula is C15H25N3O2. The van der Waals surface area contributed by atoms with Crippen LogP contribution in [0.2, 0.25) is 0 Å². The minimum atomic E-state index is -0.516. The highest BCUT2D eigenvalue weighted by atomic mass is 16.3. The van der Waals surface area contributed by atoms with Crippen LogP contribution in [0.15, 0.2) is 18.3 Å². The predicted octanol–water partition coefficient (Wildman–Crippen LogP) is 2.13. The second-order valence-electron chi connectivity index (χ2n) is 5.43. The number of carbonyl (C=O) groups excluding carboxylic acids is 1. The zero-order valence-electron chi connectivity index (χ0n) is 13.0. The Balaban J connectivity index is 2.94. The van der Waals surface area contributed by atoms with Crippen LogP contribution in [-0.4, -0.2) is 45.6 Å². The van der Waals surface area contributed by atoms with Gasteiger partial charge in [0.25, 0.3) is 5.91 Å². The first kappa shape index (κ1) is 16.4. The fourth-order valence-corrected chi connectivity index (χ4v) is 1.77. The number of pyridine rings is 1. The van der Waals surface area contributed by atoms with Gasteiger partial charge in [-0.25, -0.2) is 0 Å². The summed E-state index contributed by atoms with van der Waals surface area (Å²) in [4.78, 5) is 18.1. The number of aliphatic hydroxyl groups is 1. The Bertz CT molecular complexity index is 454. The third-order valence-corrected chi connectivity index (χ3v) is 3.54. The number of anilines is 1. The standard InChI is InChI=1S/C15H25N3O2/c1-6-18(7-2)14(20)13-10-12(8-9-16-13)17-15(4,5)11(3)19/h8-11,19H,6-7H2,1-5H3,(H,16,17). The summed E-state index contributed by atoms with van der Waals surface area (Å²) >= 11 is 0. The van der Waals surface area contributed by atoms with Gasteiger partial charge >= 0.3 is 0 Å². The van der Waals surface area contributed by atoms with Gasteiger partial charge in [0.2, 0.25) is 0 Å². The Morgan fingerprint density at radius 1 is 1.45 bits per heavy atom. The Morgan fingerprint density at radius 3 is 2.55 bits per heavy atom. The lowest BCUT2D eigenvalue weighted by Gasteiger charge is -2.30. The number of carbonyl (C=O) groups is 1. The van der Waals surface area contributed by atoms with Crippen molar-refractivity contribution in [1.82, 2.24) is 9.88 Å². The molecule has 1 atom stereocenters. The van der Waals surface area contributed by atoms with Gasteiger partial charge in [0, 0.05) is 25.0 Å². The highest BCUT2D eigenvalue weighted by Gasteiger charge is 2.24. The number of amides is 1. The van der Waals surface area contributed by atoms with Crippen molar-refractivity contribution in [2.24, 2.45) is 0 Å². The molecule has 0 fully saturated rings. The molecule has 0 saturated heterocycles. The maximum atomic E-state index is 12.2. The number of nitrogens with one attached hydrogen (secondary N) is 1. The van der Waals surface area contributed by atoms with E-state index < -0.39 is 11.6 Å². The molecule has 0 aliphatic carbocycles. The van der Waals surface area contributed by atoms with Gasteiger partial charge in [-0.3, -0.25) is 9.78 Å². The van der Waals surface area contributed by atoms with Crippen molar-refractivity contribution < 1.29 is 9.90 Å². The molecule has 1 rings (SSSR count). The SMILES string of the molecule is CCN(CC)C(=O)c1cc(NC(C)(C)C(C)O)ccn1. The van der Waals surface area contributed by atoms with Crippen molar-refractivity contribution in [3.05, 3.63) is 24.0 Å². The quantitative estimate of drug-likeness (QED) is 0.837. The van der Waals surface area contributed by atoms with E-state index in [1.54, 1.807) is 30.2 Å². The number of aromatic nitrogens is 1. The van der Waals surface area contributed by atoms with Gasteiger partial charge in [0.15, 0.2) is 0 Å². The van der Waals surface area contributed by atoms with Crippen molar-refractivity contribution in [1.29, 1.82) is 0 Å². The van der Waals surface area contributed by atoms with E-state index in [2.05, 4.69) is 10.3 Å². The van der Waals surface area contributed by atoms with Crippen LogP contribution in [0.5, 0.6) is 0 Å². The Kier molecular flexibility index (Phi) is 5.51. The molecule has 1 amide bonds. The highest BCUT2D eigenvalue weighted by molar-refractivity contribution is 5.93. The van der Waals surface area contributed by atoms with E-state index >= 15 is 0 Å². The van der Waals surface area contributed by atoms with E-state index in [0.717, 1.165) is 5.69 Å². The molecule has 1 heterocycles. The van der Waals surface area contributed by atoms with E-state index in [9.17, 15) is 9.90 Å². The Labute approximate surface area is 121 Å². The molecule has 2 N–H and O–H groups in total. The second kappa shape index (κ2) is 6.70. The number of nitrogens with zero attached hydrogens (tertiary/aromatic N) is 2. The number of rotatable bonds is 6. The molecular weight excluding hydrogens is 254 g/mol. The smallest absolute Gasteiger partial charge is 0.272 e. The summed E-state index contributed by atoms with van der Waals surface area (Å²) in [6.45, 7) is 10.8. The highest BCUT2D eigenvalue weighted by Crippen LogP contribution is 2.19. The minimum absolute atomic E-state index is 0.0755. The molecule has 112 valence electrons.